The van der Waals surface area contributed by atoms with Gasteiger partial charge in [0.2, 0.25) is 0 Å². The topological polar surface area (TPSA) is 135 Å². The summed E-state index contributed by atoms with van der Waals surface area (Å²) in [7, 11) is 0. The molecule has 5 N–H and O–H groups in total. The first-order valence-corrected chi connectivity index (χ1v) is 10.9. The van der Waals surface area contributed by atoms with E-state index in [0.717, 1.165) is 32.1 Å². The van der Waals surface area contributed by atoms with Crippen molar-refractivity contribution < 1.29 is 35.1 Å². The maximum atomic E-state index is 11.2. The molecule has 0 unspecified atom stereocenters. The lowest BCUT2D eigenvalue weighted by Crippen LogP contribution is -2.14. The summed E-state index contributed by atoms with van der Waals surface area (Å²) in [5.74, 6) is -2.02. The zero-order chi connectivity index (χ0) is 21.9. The highest BCUT2D eigenvalue weighted by Crippen LogP contribution is 2.51. The molecule has 0 bridgehead atoms. The van der Waals surface area contributed by atoms with Crippen LogP contribution in [0.3, 0.4) is 0 Å². The Hall–Kier alpha value is -2.44. The van der Waals surface area contributed by atoms with Crippen molar-refractivity contribution in [3.8, 4) is 17.2 Å². The van der Waals surface area contributed by atoms with Crippen LogP contribution in [-0.2, 0) is 22.4 Å². The number of carbonyl (C=O) groups is 2. The van der Waals surface area contributed by atoms with E-state index in [2.05, 4.69) is 0 Å². The van der Waals surface area contributed by atoms with E-state index in [0.29, 0.717) is 62.5 Å². The lowest BCUT2D eigenvalue weighted by molar-refractivity contribution is -0.144. The number of hydrogen-bond donors (Lipinski definition) is 5. The van der Waals surface area contributed by atoms with E-state index in [4.69, 9.17) is 0 Å². The first kappa shape index (κ1) is 22.2. The Morgan fingerprint density at radius 1 is 0.733 bits per heavy atom. The Kier molecular flexibility index (Phi) is 6.48. The van der Waals surface area contributed by atoms with Crippen LogP contribution in [0.5, 0.6) is 17.2 Å². The highest BCUT2D eigenvalue weighted by Gasteiger charge is 2.49. The van der Waals surface area contributed by atoms with E-state index < -0.39 is 22.8 Å². The quantitative estimate of drug-likeness (QED) is 0.182. The van der Waals surface area contributed by atoms with Crippen molar-refractivity contribution in [2.75, 3.05) is 0 Å². The first-order chi connectivity index (χ1) is 14.2. The van der Waals surface area contributed by atoms with Crippen LogP contribution in [0.1, 0.15) is 81.8 Å². The molecule has 0 heterocycles. The van der Waals surface area contributed by atoms with Gasteiger partial charge in [0.15, 0.2) is 11.5 Å². The van der Waals surface area contributed by atoms with E-state index in [-0.39, 0.29) is 17.2 Å². The van der Waals surface area contributed by atoms with Gasteiger partial charge in [-0.15, -0.1) is 0 Å². The Labute approximate surface area is 176 Å². The van der Waals surface area contributed by atoms with Crippen molar-refractivity contribution in [2.45, 2.75) is 83.5 Å². The second kappa shape index (κ2) is 8.74. The lowest BCUT2D eigenvalue weighted by atomic mass is 9.94. The molecule has 0 aromatic heterocycles. The Balaban J connectivity index is 1.45. The summed E-state index contributed by atoms with van der Waals surface area (Å²) in [4.78, 5) is 22.4. The minimum atomic E-state index is -0.745. The van der Waals surface area contributed by atoms with Crippen LogP contribution < -0.4 is 0 Å². The maximum absolute atomic E-state index is 11.2. The number of aliphatic carboxylic acids is 2. The molecule has 0 radical (unpaired) electrons. The molecule has 0 aliphatic heterocycles. The van der Waals surface area contributed by atoms with Gasteiger partial charge in [-0.2, -0.15) is 0 Å². The third-order valence-electron chi connectivity index (χ3n) is 6.98. The molecule has 7 nitrogen and oxygen atoms in total. The number of rotatable bonds is 13. The number of phenols is 3. The molecule has 2 saturated carbocycles. The third kappa shape index (κ3) is 4.82. The van der Waals surface area contributed by atoms with Gasteiger partial charge in [0.05, 0.1) is 10.8 Å². The van der Waals surface area contributed by atoms with Crippen LogP contribution in [0.15, 0.2) is 6.07 Å². The number of aryl methyl sites for hydroxylation is 1. The van der Waals surface area contributed by atoms with Gasteiger partial charge in [-0.1, -0.05) is 19.3 Å². The summed E-state index contributed by atoms with van der Waals surface area (Å²) in [6.07, 6.45) is 8.75. The monoisotopic (exact) mass is 420 g/mol. The fourth-order valence-electron chi connectivity index (χ4n) is 4.34. The van der Waals surface area contributed by atoms with Crippen LogP contribution in [-0.4, -0.2) is 37.5 Å². The van der Waals surface area contributed by atoms with Gasteiger partial charge in [0.1, 0.15) is 5.75 Å². The van der Waals surface area contributed by atoms with Gasteiger partial charge in [-0.3, -0.25) is 9.59 Å². The summed E-state index contributed by atoms with van der Waals surface area (Å²) in [5, 5.41) is 49.4. The Bertz CT molecular complexity index is 806. The first-order valence-electron chi connectivity index (χ1n) is 10.9. The van der Waals surface area contributed by atoms with E-state index in [1.165, 1.54) is 6.07 Å². The molecular formula is C23H32O7. The zero-order valence-electron chi connectivity index (χ0n) is 17.3. The minimum absolute atomic E-state index is 0.0533. The molecule has 30 heavy (non-hydrogen) atoms. The average Bonchev–Trinajstić information content (AvgIpc) is 3.60. The largest absolute Gasteiger partial charge is 0.508 e. The third-order valence-corrected chi connectivity index (χ3v) is 6.98. The number of unbranched alkanes of at least 4 members (excludes halogenated alkanes) is 3. The number of phenolic OH excluding ortho intramolecular Hbond substituents is 3. The molecule has 2 aliphatic carbocycles. The molecule has 0 spiro atoms. The molecule has 1 aromatic carbocycles. The molecule has 0 amide bonds. The molecule has 166 valence electrons. The van der Waals surface area contributed by atoms with Gasteiger partial charge in [-0.25, -0.2) is 0 Å². The fraction of sp³-hybridized carbons (Fsp3) is 0.652. The van der Waals surface area contributed by atoms with Crippen molar-refractivity contribution >= 4 is 11.9 Å². The highest BCUT2D eigenvalue weighted by atomic mass is 16.4. The summed E-state index contributed by atoms with van der Waals surface area (Å²) in [6, 6.07) is 1.49. The van der Waals surface area contributed by atoms with Crippen LogP contribution in [0.2, 0.25) is 0 Å². The van der Waals surface area contributed by atoms with Gasteiger partial charge < -0.3 is 25.5 Å². The SMILES string of the molecule is O=C(O)C1(CCCCCc2cc(O)c(CCCCC3(C(=O)O)CC3)c(O)c2O)CC1. The van der Waals surface area contributed by atoms with Gasteiger partial charge in [-0.05, 0) is 70.3 Å². The van der Waals surface area contributed by atoms with Crippen LogP contribution in [0, 0.1) is 10.8 Å². The van der Waals surface area contributed by atoms with E-state index in [1.807, 2.05) is 0 Å². The molecular weight excluding hydrogens is 388 g/mol. The predicted molar refractivity (Wildman–Crippen MR) is 110 cm³/mol. The van der Waals surface area contributed by atoms with Crippen LogP contribution in [0.25, 0.3) is 0 Å². The lowest BCUT2D eigenvalue weighted by Gasteiger charge is -2.14. The van der Waals surface area contributed by atoms with Crippen molar-refractivity contribution in [2.24, 2.45) is 10.8 Å². The van der Waals surface area contributed by atoms with Crippen molar-refractivity contribution in [3.63, 3.8) is 0 Å². The second-order valence-electron chi connectivity index (χ2n) is 9.17. The standard InChI is InChI=1S/C23H32O7/c24-17-14-15(6-2-1-4-8-22(10-11-22)20(27)28)18(25)19(26)16(17)7-3-5-9-23(12-13-23)21(29)30/h14,24-26H,1-13H2,(H,27,28)(H,29,30). The van der Waals surface area contributed by atoms with Gasteiger partial charge in [0, 0.05) is 11.1 Å². The Morgan fingerprint density at radius 3 is 1.73 bits per heavy atom. The van der Waals surface area contributed by atoms with Crippen molar-refractivity contribution in [1.82, 2.24) is 0 Å². The number of carboxylic acid groups (broad SMARTS) is 2. The van der Waals surface area contributed by atoms with Crippen molar-refractivity contribution in [3.05, 3.63) is 17.2 Å². The van der Waals surface area contributed by atoms with Gasteiger partial charge >= 0.3 is 11.9 Å². The molecule has 0 saturated heterocycles. The van der Waals surface area contributed by atoms with E-state index >= 15 is 0 Å². The number of aromatic hydroxyl groups is 3. The minimum Gasteiger partial charge on any atom is -0.508 e. The summed E-state index contributed by atoms with van der Waals surface area (Å²) < 4.78 is 0. The number of benzene rings is 1. The van der Waals surface area contributed by atoms with Gasteiger partial charge in [0.25, 0.3) is 0 Å². The summed E-state index contributed by atoms with van der Waals surface area (Å²) >= 11 is 0. The molecule has 2 aliphatic rings. The summed E-state index contributed by atoms with van der Waals surface area (Å²) in [5.41, 5.74) is -0.298. The Morgan fingerprint density at radius 2 is 1.23 bits per heavy atom. The van der Waals surface area contributed by atoms with E-state index in [1.54, 1.807) is 0 Å². The molecule has 7 heteroatoms. The van der Waals surface area contributed by atoms with Crippen LogP contribution >= 0.6 is 0 Å². The number of hydrogen-bond acceptors (Lipinski definition) is 5. The average molecular weight is 421 g/mol. The number of carboxylic acids is 2. The smallest absolute Gasteiger partial charge is 0.309 e. The highest BCUT2D eigenvalue weighted by molar-refractivity contribution is 5.78. The fourth-order valence-corrected chi connectivity index (χ4v) is 4.34. The molecule has 3 rings (SSSR count). The van der Waals surface area contributed by atoms with Crippen LogP contribution in [0.4, 0.5) is 0 Å². The second-order valence-corrected chi connectivity index (χ2v) is 9.17. The molecule has 1 aromatic rings. The zero-order valence-corrected chi connectivity index (χ0v) is 17.3. The summed E-state index contributed by atoms with van der Waals surface area (Å²) in [6.45, 7) is 0. The van der Waals surface area contributed by atoms with Crippen molar-refractivity contribution in [1.29, 1.82) is 0 Å². The van der Waals surface area contributed by atoms with E-state index in [9.17, 15) is 35.1 Å². The normalized spacial score (nSPS) is 18.1. The maximum Gasteiger partial charge on any atom is 0.309 e. The molecule has 2 fully saturated rings. The predicted octanol–water partition coefficient (Wildman–Crippen LogP) is 4.35. The molecule has 0 atom stereocenters.